The van der Waals surface area contributed by atoms with E-state index >= 15 is 0 Å². The monoisotopic (exact) mass is 315 g/mol. The minimum Gasteiger partial charge on any atom is -0.481 e. The molecule has 1 aromatic rings. The normalized spacial score (nSPS) is 20.8. The number of piperazine rings is 1. The summed E-state index contributed by atoms with van der Waals surface area (Å²) in [6.07, 6.45) is 0. The summed E-state index contributed by atoms with van der Waals surface area (Å²) in [6.45, 7) is 3.37. The second-order valence-corrected chi connectivity index (χ2v) is 6.19. The fourth-order valence-corrected chi connectivity index (χ4v) is 3.05. The lowest BCUT2D eigenvalue weighted by molar-refractivity contribution is -0.133. The van der Waals surface area contributed by atoms with Crippen LogP contribution in [-0.4, -0.2) is 86.3 Å². The Morgan fingerprint density at radius 1 is 1.38 bits per heavy atom. The number of aliphatic carboxylic acids is 1. The van der Waals surface area contributed by atoms with Gasteiger partial charge in [0.25, 0.3) is 0 Å². The Labute approximate surface area is 127 Å². The van der Waals surface area contributed by atoms with Crippen LogP contribution in [0.2, 0.25) is 0 Å². The minimum atomic E-state index is -0.894. The van der Waals surface area contributed by atoms with Gasteiger partial charge < -0.3 is 19.7 Å². The van der Waals surface area contributed by atoms with Gasteiger partial charge in [-0.3, -0.25) is 9.69 Å². The molecule has 21 heavy (non-hydrogen) atoms. The lowest BCUT2D eigenvalue weighted by atomic mass is 10.2. The van der Waals surface area contributed by atoms with E-state index in [9.17, 15) is 9.90 Å². The standard InChI is InChI=1S/C12H21N5O3S/c1-15-3-4-16(2)9(5-15)6-17-10(7-18)13-14-12(17)21-8-11(19)20/h9,18H,3-8H2,1-2H3,(H,19,20). The Balaban J connectivity index is 2.12. The largest absolute Gasteiger partial charge is 0.481 e. The average molecular weight is 315 g/mol. The summed E-state index contributed by atoms with van der Waals surface area (Å²) in [5.74, 6) is -0.483. The van der Waals surface area contributed by atoms with Crippen LogP contribution in [0.5, 0.6) is 0 Å². The van der Waals surface area contributed by atoms with Crippen LogP contribution in [0.4, 0.5) is 0 Å². The first-order chi connectivity index (χ1) is 10.0. The highest BCUT2D eigenvalue weighted by atomic mass is 32.2. The number of hydrogen-bond acceptors (Lipinski definition) is 7. The van der Waals surface area contributed by atoms with Crippen LogP contribution < -0.4 is 0 Å². The van der Waals surface area contributed by atoms with Crippen molar-refractivity contribution in [2.24, 2.45) is 0 Å². The predicted octanol–water partition coefficient (Wildman–Crippen LogP) is -0.807. The van der Waals surface area contributed by atoms with Crippen LogP contribution in [0.3, 0.4) is 0 Å². The average Bonchev–Trinajstić information content (AvgIpc) is 2.82. The van der Waals surface area contributed by atoms with Crippen molar-refractivity contribution in [2.75, 3.05) is 39.5 Å². The fourth-order valence-electron chi connectivity index (χ4n) is 2.36. The number of carboxylic acids is 1. The van der Waals surface area contributed by atoms with Gasteiger partial charge in [-0.1, -0.05) is 11.8 Å². The summed E-state index contributed by atoms with van der Waals surface area (Å²) in [5.41, 5.74) is 0. The van der Waals surface area contributed by atoms with Gasteiger partial charge in [0.1, 0.15) is 6.61 Å². The predicted molar refractivity (Wildman–Crippen MR) is 78.2 cm³/mol. The molecule has 1 aliphatic rings. The third-order valence-electron chi connectivity index (χ3n) is 3.63. The molecule has 2 rings (SSSR count). The molecule has 0 aromatic carbocycles. The van der Waals surface area contributed by atoms with Crippen LogP contribution in [0.25, 0.3) is 0 Å². The number of likely N-dealkylation sites (N-methyl/N-ethyl adjacent to an activating group) is 2. The van der Waals surface area contributed by atoms with E-state index in [0.29, 0.717) is 17.5 Å². The molecule has 1 unspecified atom stereocenters. The first-order valence-electron chi connectivity index (χ1n) is 6.77. The van der Waals surface area contributed by atoms with Crippen molar-refractivity contribution in [2.45, 2.75) is 24.3 Å². The Kier molecular flexibility index (Phi) is 5.57. The van der Waals surface area contributed by atoms with Gasteiger partial charge in [0.15, 0.2) is 11.0 Å². The molecule has 0 radical (unpaired) electrons. The maximum Gasteiger partial charge on any atom is 0.313 e. The molecular formula is C12H21N5O3S. The Morgan fingerprint density at radius 2 is 2.14 bits per heavy atom. The van der Waals surface area contributed by atoms with Crippen LogP contribution in [0.1, 0.15) is 5.82 Å². The summed E-state index contributed by atoms with van der Waals surface area (Å²) in [5, 5.41) is 26.6. The molecule has 2 heterocycles. The van der Waals surface area contributed by atoms with Gasteiger partial charge in [-0.15, -0.1) is 10.2 Å². The molecule has 0 aliphatic carbocycles. The molecule has 0 amide bonds. The molecule has 1 fully saturated rings. The van der Waals surface area contributed by atoms with E-state index in [0.717, 1.165) is 31.4 Å². The van der Waals surface area contributed by atoms with E-state index in [1.807, 2.05) is 4.57 Å². The van der Waals surface area contributed by atoms with Crippen molar-refractivity contribution in [1.29, 1.82) is 0 Å². The number of carbonyl (C=O) groups is 1. The topological polar surface area (TPSA) is 94.7 Å². The van der Waals surface area contributed by atoms with Gasteiger partial charge in [-0.25, -0.2) is 0 Å². The van der Waals surface area contributed by atoms with Crippen molar-refractivity contribution in [3.63, 3.8) is 0 Å². The van der Waals surface area contributed by atoms with E-state index in [4.69, 9.17) is 5.11 Å². The van der Waals surface area contributed by atoms with Crippen LogP contribution >= 0.6 is 11.8 Å². The molecule has 118 valence electrons. The molecule has 0 spiro atoms. The molecule has 1 aromatic heterocycles. The maximum atomic E-state index is 10.7. The first kappa shape index (κ1) is 16.2. The number of aromatic nitrogens is 3. The second-order valence-electron chi connectivity index (χ2n) is 5.25. The van der Waals surface area contributed by atoms with E-state index in [1.165, 1.54) is 0 Å². The summed E-state index contributed by atoms with van der Waals surface area (Å²) in [6, 6.07) is 0.286. The number of hydrogen-bond donors (Lipinski definition) is 2. The highest BCUT2D eigenvalue weighted by Gasteiger charge is 2.25. The third kappa shape index (κ3) is 4.16. The maximum absolute atomic E-state index is 10.7. The van der Waals surface area contributed by atoms with Gasteiger partial charge in [0.2, 0.25) is 0 Å². The first-order valence-corrected chi connectivity index (χ1v) is 7.76. The molecule has 0 bridgehead atoms. The molecule has 1 aliphatic heterocycles. The highest BCUT2D eigenvalue weighted by Crippen LogP contribution is 2.19. The van der Waals surface area contributed by atoms with E-state index in [1.54, 1.807) is 0 Å². The Bertz CT molecular complexity index is 495. The SMILES string of the molecule is CN1CCN(C)C(Cn2c(CO)nnc2SCC(=O)O)C1. The zero-order chi connectivity index (χ0) is 15.4. The summed E-state index contributed by atoms with van der Waals surface area (Å²) in [4.78, 5) is 15.2. The third-order valence-corrected chi connectivity index (χ3v) is 4.58. The van der Waals surface area contributed by atoms with Crippen molar-refractivity contribution in [3.8, 4) is 0 Å². The van der Waals surface area contributed by atoms with Crippen LogP contribution in [0.15, 0.2) is 5.16 Å². The van der Waals surface area contributed by atoms with Crippen LogP contribution in [0, 0.1) is 0 Å². The zero-order valence-electron chi connectivity index (χ0n) is 12.3. The van der Waals surface area contributed by atoms with Gasteiger partial charge in [0, 0.05) is 32.2 Å². The number of carboxylic acid groups (broad SMARTS) is 1. The lowest BCUT2D eigenvalue weighted by Crippen LogP contribution is -2.51. The molecule has 0 saturated carbocycles. The minimum absolute atomic E-state index is 0.0655. The van der Waals surface area contributed by atoms with Crippen molar-refractivity contribution in [1.82, 2.24) is 24.6 Å². The molecule has 2 N–H and O–H groups in total. The van der Waals surface area contributed by atoms with E-state index in [2.05, 4.69) is 34.1 Å². The quantitative estimate of drug-likeness (QED) is 0.659. The molecular weight excluding hydrogens is 294 g/mol. The highest BCUT2D eigenvalue weighted by molar-refractivity contribution is 7.99. The zero-order valence-corrected chi connectivity index (χ0v) is 13.1. The smallest absolute Gasteiger partial charge is 0.313 e. The summed E-state index contributed by atoms with van der Waals surface area (Å²) in [7, 11) is 4.16. The fraction of sp³-hybridized carbons (Fsp3) is 0.750. The van der Waals surface area contributed by atoms with Gasteiger partial charge in [-0.2, -0.15) is 0 Å². The van der Waals surface area contributed by atoms with Crippen molar-refractivity contribution < 1.29 is 15.0 Å². The number of thioether (sulfide) groups is 1. The summed E-state index contributed by atoms with van der Waals surface area (Å²) >= 11 is 1.13. The van der Waals surface area contributed by atoms with Crippen molar-refractivity contribution in [3.05, 3.63) is 5.82 Å². The lowest BCUT2D eigenvalue weighted by Gasteiger charge is -2.38. The second kappa shape index (κ2) is 7.21. The molecule has 1 saturated heterocycles. The summed E-state index contributed by atoms with van der Waals surface area (Å²) < 4.78 is 1.83. The number of rotatable bonds is 6. The molecule has 8 nitrogen and oxygen atoms in total. The van der Waals surface area contributed by atoms with Crippen LogP contribution in [-0.2, 0) is 17.9 Å². The van der Waals surface area contributed by atoms with Gasteiger partial charge in [0.05, 0.1) is 5.75 Å². The number of aliphatic hydroxyl groups is 1. The van der Waals surface area contributed by atoms with Gasteiger partial charge in [-0.05, 0) is 14.1 Å². The van der Waals surface area contributed by atoms with Gasteiger partial charge >= 0.3 is 5.97 Å². The molecule has 1 atom stereocenters. The number of aliphatic hydroxyl groups excluding tert-OH is 1. The molecule has 9 heteroatoms. The van der Waals surface area contributed by atoms with Crippen molar-refractivity contribution >= 4 is 17.7 Å². The Hall–Kier alpha value is -1.16. The van der Waals surface area contributed by atoms with E-state index < -0.39 is 5.97 Å². The number of nitrogens with zero attached hydrogens (tertiary/aromatic N) is 5. The van der Waals surface area contributed by atoms with E-state index in [-0.39, 0.29) is 18.4 Å². The Morgan fingerprint density at radius 3 is 2.81 bits per heavy atom.